The minimum Gasteiger partial charge on any atom is -0.314 e. The van der Waals surface area contributed by atoms with E-state index in [1.165, 1.54) is 12.5 Å². The number of hydrogen-bond acceptors (Lipinski definition) is 1. The van der Waals surface area contributed by atoms with Gasteiger partial charge in [-0.25, -0.2) is 8.78 Å². The van der Waals surface area contributed by atoms with Crippen molar-refractivity contribution < 1.29 is 8.78 Å². The number of rotatable bonds is 4. The smallest absolute Gasteiger partial charge is 0.126 e. The second-order valence-electron chi connectivity index (χ2n) is 5.53. The van der Waals surface area contributed by atoms with Crippen LogP contribution in [-0.2, 0) is 6.42 Å². The Labute approximate surface area is 108 Å². The molecule has 100 valence electrons. The molecular weight excluding hydrogens is 232 g/mol. The van der Waals surface area contributed by atoms with E-state index in [9.17, 15) is 8.78 Å². The van der Waals surface area contributed by atoms with Crippen LogP contribution in [0, 0.1) is 5.82 Å². The van der Waals surface area contributed by atoms with E-state index in [0.717, 1.165) is 19.4 Å². The van der Waals surface area contributed by atoms with Gasteiger partial charge in [0.2, 0.25) is 0 Å². The molecule has 18 heavy (non-hydrogen) atoms. The first-order valence-corrected chi connectivity index (χ1v) is 6.72. The van der Waals surface area contributed by atoms with Crippen molar-refractivity contribution in [3.05, 3.63) is 35.6 Å². The van der Waals surface area contributed by atoms with E-state index in [-0.39, 0.29) is 18.3 Å². The number of halogens is 2. The molecule has 1 aromatic carbocycles. The van der Waals surface area contributed by atoms with E-state index in [1.807, 2.05) is 0 Å². The minimum atomic E-state index is -1.35. The van der Waals surface area contributed by atoms with E-state index >= 15 is 0 Å². The third-order valence-electron chi connectivity index (χ3n) is 3.60. The molecule has 0 radical (unpaired) electrons. The Bertz CT molecular complexity index is 384. The molecule has 1 saturated heterocycles. The summed E-state index contributed by atoms with van der Waals surface area (Å²) in [5.74, 6) is -0.307. The number of piperidine rings is 1. The molecule has 1 N–H and O–H groups in total. The highest BCUT2D eigenvalue weighted by Gasteiger charge is 2.29. The summed E-state index contributed by atoms with van der Waals surface area (Å²) in [7, 11) is 0. The third kappa shape index (κ3) is 3.77. The zero-order valence-corrected chi connectivity index (χ0v) is 10.9. The van der Waals surface area contributed by atoms with Crippen molar-refractivity contribution in [1.82, 2.24) is 5.32 Å². The highest BCUT2D eigenvalue weighted by molar-refractivity contribution is 5.19. The SMILES string of the molecule is CC(F)(Cc1ccccc1F)CC1CCCCN1. The van der Waals surface area contributed by atoms with Crippen LogP contribution in [0.15, 0.2) is 24.3 Å². The maximum atomic E-state index is 14.5. The van der Waals surface area contributed by atoms with Gasteiger partial charge in [-0.3, -0.25) is 0 Å². The van der Waals surface area contributed by atoms with Crippen LogP contribution in [0.3, 0.4) is 0 Å². The average Bonchev–Trinajstić information content (AvgIpc) is 2.32. The topological polar surface area (TPSA) is 12.0 Å². The van der Waals surface area contributed by atoms with Gasteiger partial charge in [-0.1, -0.05) is 24.6 Å². The summed E-state index contributed by atoms with van der Waals surface area (Å²) >= 11 is 0. The first-order valence-electron chi connectivity index (χ1n) is 6.72. The van der Waals surface area contributed by atoms with Gasteiger partial charge in [0.1, 0.15) is 11.5 Å². The highest BCUT2D eigenvalue weighted by atomic mass is 19.1. The lowest BCUT2D eigenvalue weighted by molar-refractivity contribution is 0.144. The van der Waals surface area contributed by atoms with Gasteiger partial charge in [0, 0.05) is 12.5 Å². The quantitative estimate of drug-likeness (QED) is 0.864. The van der Waals surface area contributed by atoms with Crippen molar-refractivity contribution >= 4 is 0 Å². The number of alkyl halides is 1. The Kier molecular flexibility index (Phi) is 4.33. The molecule has 0 aromatic heterocycles. The van der Waals surface area contributed by atoms with Crippen molar-refractivity contribution in [2.45, 2.75) is 50.7 Å². The van der Waals surface area contributed by atoms with Crippen LogP contribution in [0.5, 0.6) is 0 Å². The summed E-state index contributed by atoms with van der Waals surface area (Å²) in [5, 5.41) is 3.34. The van der Waals surface area contributed by atoms with Gasteiger partial charge < -0.3 is 5.32 Å². The molecule has 2 unspecified atom stereocenters. The molecule has 0 amide bonds. The maximum absolute atomic E-state index is 14.5. The van der Waals surface area contributed by atoms with Crippen LogP contribution >= 0.6 is 0 Å². The molecule has 0 spiro atoms. The van der Waals surface area contributed by atoms with Gasteiger partial charge in [-0.15, -0.1) is 0 Å². The van der Waals surface area contributed by atoms with Gasteiger partial charge in [-0.2, -0.15) is 0 Å². The lowest BCUT2D eigenvalue weighted by atomic mass is 9.88. The molecular formula is C15H21F2N. The lowest BCUT2D eigenvalue weighted by Gasteiger charge is -2.30. The van der Waals surface area contributed by atoms with Crippen molar-refractivity contribution in [1.29, 1.82) is 0 Å². The van der Waals surface area contributed by atoms with Crippen LogP contribution in [0.25, 0.3) is 0 Å². The van der Waals surface area contributed by atoms with E-state index in [0.29, 0.717) is 12.0 Å². The molecule has 0 aliphatic carbocycles. The minimum absolute atomic E-state index is 0.151. The van der Waals surface area contributed by atoms with Gasteiger partial charge in [0.15, 0.2) is 0 Å². The van der Waals surface area contributed by atoms with Crippen molar-refractivity contribution in [2.24, 2.45) is 0 Å². The zero-order valence-electron chi connectivity index (χ0n) is 10.9. The number of hydrogen-bond donors (Lipinski definition) is 1. The molecule has 2 rings (SSSR count). The van der Waals surface area contributed by atoms with E-state index in [4.69, 9.17) is 0 Å². The Balaban J connectivity index is 1.96. The summed E-state index contributed by atoms with van der Waals surface area (Å²) in [6, 6.07) is 6.69. The predicted molar refractivity (Wildman–Crippen MR) is 69.9 cm³/mol. The van der Waals surface area contributed by atoms with Gasteiger partial charge >= 0.3 is 0 Å². The number of nitrogens with one attached hydrogen (secondary N) is 1. The molecule has 1 nitrogen and oxygen atoms in total. The Morgan fingerprint density at radius 2 is 2.11 bits per heavy atom. The Hall–Kier alpha value is -0.960. The van der Waals surface area contributed by atoms with Crippen LogP contribution in [-0.4, -0.2) is 18.3 Å². The summed E-state index contributed by atoms with van der Waals surface area (Å²) in [5.41, 5.74) is -0.879. The molecule has 1 heterocycles. The monoisotopic (exact) mass is 253 g/mol. The van der Waals surface area contributed by atoms with Gasteiger partial charge in [0.25, 0.3) is 0 Å². The fraction of sp³-hybridized carbons (Fsp3) is 0.600. The first-order chi connectivity index (χ1) is 8.57. The molecule has 1 aliphatic rings. The normalized spacial score (nSPS) is 23.6. The van der Waals surface area contributed by atoms with Gasteiger partial charge in [0.05, 0.1) is 0 Å². The molecule has 1 aliphatic heterocycles. The molecule has 1 aromatic rings. The third-order valence-corrected chi connectivity index (χ3v) is 3.60. The molecule has 2 atom stereocenters. The second-order valence-corrected chi connectivity index (χ2v) is 5.53. The maximum Gasteiger partial charge on any atom is 0.126 e. The summed E-state index contributed by atoms with van der Waals surface area (Å²) < 4.78 is 28.1. The van der Waals surface area contributed by atoms with Crippen molar-refractivity contribution in [2.75, 3.05) is 6.54 Å². The van der Waals surface area contributed by atoms with Crippen LogP contribution in [0.4, 0.5) is 8.78 Å². The Morgan fingerprint density at radius 1 is 1.33 bits per heavy atom. The van der Waals surface area contributed by atoms with Gasteiger partial charge in [-0.05, 0) is 44.4 Å². The summed E-state index contributed by atoms with van der Waals surface area (Å²) in [6.07, 6.45) is 3.97. The van der Waals surface area contributed by atoms with Crippen LogP contribution in [0.2, 0.25) is 0 Å². The first kappa shape index (κ1) is 13.5. The fourth-order valence-corrected chi connectivity index (χ4v) is 2.72. The Morgan fingerprint density at radius 3 is 2.78 bits per heavy atom. The van der Waals surface area contributed by atoms with E-state index in [2.05, 4.69) is 5.32 Å². The fourth-order valence-electron chi connectivity index (χ4n) is 2.72. The van der Waals surface area contributed by atoms with Crippen LogP contribution < -0.4 is 5.32 Å². The average molecular weight is 253 g/mol. The largest absolute Gasteiger partial charge is 0.314 e. The molecule has 3 heteroatoms. The number of benzene rings is 1. The summed E-state index contributed by atoms with van der Waals surface area (Å²) in [6.45, 7) is 2.55. The second kappa shape index (κ2) is 5.79. The lowest BCUT2D eigenvalue weighted by Crippen LogP contribution is -2.40. The van der Waals surface area contributed by atoms with E-state index in [1.54, 1.807) is 25.1 Å². The van der Waals surface area contributed by atoms with Crippen LogP contribution in [0.1, 0.15) is 38.2 Å². The molecule has 0 saturated carbocycles. The highest BCUT2D eigenvalue weighted by Crippen LogP contribution is 2.27. The van der Waals surface area contributed by atoms with Crippen molar-refractivity contribution in [3.63, 3.8) is 0 Å². The van der Waals surface area contributed by atoms with Crippen molar-refractivity contribution in [3.8, 4) is 0 Å². The van der Waals surface area contributed by atoms with E-state index < -0.39 is 5.67 Å². The molecule has 0 bridgehead atoms. The standard InChI is InChI=1S/C15H21F2N/c1-15(17,11-13-7-4-5-9-18-13)10-12-6-2-3-8-14(12)16/h2-3,6,8,13,18H,4-5,7,9-11H2,1H3. The molecule has 1 fully saturated rings. The zero-order chi connectivity index (χ0) is 13.0. The summed E-state index contributed by atoms with van der Waals surface area (Å²) in [4.78, 5) is 0. The predicted octanol–water partition coefficient (Wildman–Crippen LogP) is 3.63.